The molecule has 0 unspecified atom stereocenters. The molecule has 5 nitrogen and oxygen atoms in total. The van der Waals surface area contributed by atoms with Crippen molar-refractivity contribution >= 4 is 26.0 Å². The van der Waals surface area contributed by atoms with E-state index in [1.54, 1.807) is 19.9 Å². The summed E-state index contributed by atoms with van der Waals surface area (Å²) < 4.78 is 32.3. The van der Waals surface area contributed by atoms with Gasteiger partial charge in [0.1, 0.15) is 5.75 Å². The van der Waals surface area contributed by atoms with E-state index in [9.17, 15) is 8.42 Å². The Bertz CT molecular complexity index is 524. The molecule has 102 valence electrons. The van der Waals surface area contributed by atoms with Crippen molar-refractivity contribution in [3.8, 4) is 5.75 Å². The van der Waals surface area contributed by atoms with Gasteiger partial charge in [0.2, 0.25) is 10.0 Å². The fourth-order valence-electron chi connectivity index (χ4n) is 1.17. The summed E-state index contributed by atoms with van der Waals surface area (Å²) in [6.07, 6.45) is 0. The largest absolute Gasteiger partial charge is 0.496 e. The van der Waals surface area contributed by atoms with Crippen LogP contribution in [0.3, 0.4) is 0 Å². The molecular weight excluding hydrogens is 320 g/mol. The lowest BCUT2D eigenvalue weighted by Gasteiger charge is -2.19. The molecule has 0 radical (unpaired) electrons. The van der Waals surface area contributed by atoms with Gasteiger partial charge in [0.15, 0.2) is 0 Å². The van der Waals surface area contributed by atoms with Crippen molar-refractivity contribution in [3.63, 3.8) is 0 Å². The Balaban J connectivity index is 2.99. The molecule has 0 heterocycles. The molecule has 1 rings (SSSR count). The zero-order valence-electron chi connectivity index (χ0n) is 10.5. The van der Waals surface area contributed by atoms with E-state index >= 15 is 0 Å². The molecule has 0 spiro atoms. The van der Waals surface area contributed by atoms with Gasteiger partial charge in [0.25, 0.3) is 0 Å². The molecule has 7 heteroatoms. The van der Waals surface area contributed by atoms with Crippen molar-refractivity contribution in [1.29, 1.82) is 0 Å². The fraction of sp³-hybridized carbons (Fsp3) is 0.455. The maximum Gasteiger partial charge on any atom is 0.240 e. The van der Waals surface area contributed by atoms with Crippen LogP contribution in [-0.2, 0) is 10.0 Å². The summed E-state index contributed by atoms with van der Waals surface area (Å²) in [6.45, 7) is 3.66. The van der Waals surface area contributed by atoms with Crippen molar-refractivity contribution in [2.24, 2.45) is 5.73 Å². The molecule has 0 bridgehead atoms. The standard InChI is InChI=1S/C11H17BrN2O3S/c1-11(2,13)7-14-18(15,16)8-4-5-9(12)10(6-8)17-3/h4-6,14H,7,13H2,1-3H3. The van der Waals surface area contributed by atoms with Gasteiger partial charge in [-0.15, -0.1) is 0 Å². The summed E-state index contributed by atoms with van der Waals surface area (Å²) >= 11 is 3.27. The Morgan fingerprint density at radius 3 is 2.56 bits per heavy atom. The van der Waals surface area contributed by atoms with Crippen molar-refractivity contribution < 1.29 is 13.2 Å². The Morgan fingerprint density at radius 2 is 2.06 bits per heavy atom. The number of benzene rings is 1. The number of hydrogen-bond donors (Lipinski definition) is 2. The minimum atomic E-state index is -3.57. The van der Waals surface area contributed by atoms with Crippen LogP contribution in [0.1, 0.15) is 13.8 Å². The van der Waals surface area contributed by atoms with E-state index < -0.39 is 15.6 Å². The van der Waals surface area contributed by atoms with E-state index in [4.69, 9.17) is 10.5 Å². The van der Waals surface area contributed by atoms with Crippen molar-refractivity contribution in [2.75, 3.05) is 13.7 Å². The maximum atomic E-state index is 12.0. The molecule has 0 aliphatic rings. The number of hydrogen-bond acceptors (Lipinski definition) is 4. The van der Waals surface area contributed by atoms with Crippen LogP contribution in [0.2, 0.25) is 0 Å². The Morgan fingerprint density at radius 1 is 1.44 bits per heavy atom. The summed E-state index contributed by atoms with van der Waals surface area (Å²) in [5, 5.41) is 0. The van der Waals surface area contributed by atoms with Crippen molar-refractivity contribution in [1.82, 2.24) is 4.72 Å². The molecule has 0 amide bonds. The van der Waals surface area contributed by atoms with Crippen molar-refractivity contribution in [3.05, 3.63) is 22.7 Å². The molecule has 0 aliphatic carbocycles. The second-order valence-corrected chi connectivity index (χ2v) is 7.23. The first-order chi connectivity index (χ1) is 8.15. The Kier molecular flexibility index (Phi) is 4.77. The predicted molar refractivity (Wildman–Crippen MR) is 74.1 cm³/mol. The van der Waals surface area contributed by atoms with E-state index in [-0.39, 0.29) is 11.4 Å². The van der Waals surface area contributed by atoms with Crippen LogP contribution in [0, 0.1) is 0 Å². The minimum absolute atomic E-state index is 0.145. The van der Waals surface area contributed by atoms with E-state index in [0.29, 0.717) is 10.2 Å². The molecule has 3 N–H and O–H groups in total. The highest BCUT2D eigenvalue weighted by Crippen LogP contribution is 2.27. The lowest BCUT2D eigenvalue weighted by Crippen LogP contribution is -2.45. The molecule has 0 saturated carbocycles. The number of methoxy groups -OCH3 is 1. The van der Waals surface area contributed by atoms with Gasteiger partial charge in [0.05, 0.1) is 16.5 Å². The summed E-state index contributed by atoms with van der Waals surface area (Å²) in [5.41, 5.74) is 5.14. The van der Waals surface area contributed by atoms with Gasteiger partial charge in [-0.25, -0.2) is 13.1 Å². The maximum absolute atomic E-state index is 12.0. The topological polar surface area (TPSA) is 81.4 Å². The fourth-order valence-corrected chi connectivity index (χ4v) is 2.82. The molecular formula is C11H17BrN2O3S. The number of rotatable bonds is 5. The van der Waals surface area contributed by atoms with Crippen LogP contribution in [0.5, 0.6) is 5.75 Å². The molecule has 0 atom stereocenters. The highest BCUT2D eigenvalue weighted by atomic mass is 79.9. The van der Waals surface area contributed by atoms with Gasteiger partial charge in [0, 0.05) is 18.2 Å². The van der Waals surface area contributed by atoms with E-state index in [0.717, 1.165) is 0 Å². The molecule has 0 fully saturated rings. The van der Waals surface area contributed by atoms with Crippen molar-refractivity contribution in [2.45, 2.75) is 24.3 Å². The monoisotopic (exact) mass is 336 g/mol. The lowest BCUT2D eigenvalue weighted by atomic mass is 10.1. The quantitative estimate of drug-likeness (QED) is 0.853. The van der Waals surface area contributed by atoms with Crippen LogP contribution in [0.25, 0.3) is 0 Å². The molecule has 18 heavy (non-hydrogen) atoms. The molecule has 0 aliphatic heterocycles. The first-order valence-electron chi connectivity index (χ1n) is 5.28. The van der Waals surface area contributed by atoms with Gasteiger partial charge in [-0.1, -0.05) is 0 Å². The first-order valence-corrected chi connectivity index (χ1v) is 7.55. The molecule has 1 aromatic carbocycles. The third-order valence-corrected chi connectivity index (χ3v) is 4.20. The SMILES string of the molecule is COc1cc(S(=O)(=O)NCC(C)(C)N)ccc1Br. The third-order valence-electron chi connectivity index (χ3n) is 2.15. The van der Waals surface area contributed by atoms with E-state index in [1.165, 1.54) is 19.2 Å². The number of halogens is 1. The summed E-state index contributed by atoms with van der Waals surface area (Å²) in [7, 11) is -2.09. The summed E-state index contributed by atoms with van der Waals surface area (Å²) in [5.74, 6) is 0.463. The Hall–Kier alpha value is -0.630. The zero-order valence-corrected chi connectivity index (χ0v) is 12.9. The average molecular weight is 337 g/mol. The average Bonchev–Trinajstić information content (AvgIpc) is 2.26. The minimum Gasteiger partial charge on any atom is -0.496 e. The number of ether oxygens (including phenoxy) is 1. The first kappa shape index (κ1) is 15.4. The third kappa shape index (κ3) is 4.24. The number of nitrogens with one attached hydrogen (secondary N) is 1. The highest BCUT2D eigenvalue weighted by molar-refractivity contribution is 9.10. The van der Waals surface area contributed by atoms with Gasteiger partial charge in [-0.3, -0.25) is 0 Å². The summed E-state index contributed by atoms with van der Waals surface area (Å²) in [6, 6.07) is 4.58. The van der Waals surface area contributed by atoms with Gasteiger partial charge in [-0.05, 0) is 41.9 Å². The molecule has 0 saturated heterocycles. The predicted octanol–water partition coefficient (Wildman–Crippen LogP) is 1.47. The van der Waals surface area contributed by atoms with Crippen LogP contribution in [0.15, 0.2) is 27.6 Å². The second kappa shape index (κ2) is 5.56. The number of nitrogens with two attached hydrogens (primary N) is 1. The van der Waals surface area contributed by atoms with Crippen LogP contribution >= 0.6 is 15.9 Å². The zero-order chi connectivity index (χ0) is 14.0. The number of sulfonamides is 1. The Labute approximate surface area is 116 Å². The molecule has 0 aromatic heterocycles. The van der Waals surface area contributed by atoms with Gasteiger partial charge >= 0.3 is 0 Å². The summed E-state index contributed by atoms with van der Waals surface area (Å²) in [4.78, 5) is 0.145. The van der Waals surface area contributed by atoms with E-state index in [1.807, 2.05) is 0 Å². The van der Waals surface area contributed by atoms with Crippen LogP contribution in [0.4, 0.5) is 0 Å². The van der Waals surface area contributed by atoms with Crippen LogP contribution in [-0.4, -0.2) is 27.6 Å². The smallest absolute Gasteiger partial charge is 0.240 e. The van der Waals surface area contributed by atoms with Crippen LogP contribution < -0.4 is 15.2 Å². The van der Waals surface area contributed by atoms with E-state index in [2.05, 4.69) is 20.7 Å². The molecule has 1 aromatic rings. The second-order valence-electron chi connectivity index (χ2n) is 4.61. The lowest BCUT2D eigenvalue weighted by molar-refractivity contribution is 0.410. The van der Waals surface area contributed by atoms with Gasteiger partial charge in [-0.2, -0.15) is 0 Å². The highest BCUT2D eigenvalue weighted by Gasteiger charge is 2.19. The normalized spacial score (nSPS) is 12.5. The van der Waals surface area contributed by atoms with Gasteiger partial charge < -0.3 is 10.5 Å².